The van der Waals surface area contributed by atoms with Gasteiger partial charge >= 0.3 is 0 Å². The van der Waals surface area contributed by atoms with Gasteiger partial charge in [0.05, 0.1) is 4.90 Å². The van der Waals surface area contributed by atoms with Crippen molar-refractivity contribution in [1.29, 1.82) is 0 Å². The maximum absolute atomic E-state index is 5.77. The zero-order chi connectivity index (χ0) is 13.0. The highest BCUT2D eigenvalue weighted by atomic mass is 35.5. The minimum absolute atomic E-state index is 0.527. The van der Waals surface area contributed by atoms with Gasteiger partial charge in [-0.2, -0.15) is 0 Å². The minimum Gasteiger partial charge on any atom is -0.456 e. The van der Waals surface area contributed by atoms with E-state index in [-0.39, 0.29) is 0 Å². The summed E-state index contributed by atoms with van der Waals surface area (Å²) in [6.45, 7) is 0. The van der Waals surface area contributed by atoms with Crippen LogP contribution in [0.2, 0.25) is 0 Å². The SMILES string of the molecule is Nc1ccc(Oc2ccccc2SC(Cl)Cl)cc1. The molecular formula is C13H11Cl2NOS. The van der Waals surface area contributed by atoms with Crippen LogP contribution in [0.4, 0.5) is 5.69 Å². The van der Waals surface area contributed by atoms with Crippen molar-refractivity contribution in [2.45, 2.75) is 9.06 Å². The van der Waals surface area contributed by atoms with Gasteiger partial charge in [-0.3, -0.25) is 0 Å². The molecule has 94 valence electrons. The number of thioether (sulfide) groups is 1. The van der Waals surface area contributed by atoms with Gasteiger partial charge in [0.1, 0.15) is 11.5 Å². The fraction of sp³-hybridized carbons (Fsp3) is 0.0769. The van der Waals surface area contributed by atoms with Crippen molar-refractivity contribution in [1.82, 2.24) is 0 Å². The van der Waals surface area contributed by atoms with E-state index < -0.39 is 4.17 Å². The maximum atomic E-state index is 5.77. The maximum Gasteiger partial charge on any atom is 0.157 e. The molecule has 0 bridgehead atoms. The summed E-state index contributed by atoms with van der Waals surface area (Å²) in [5.74, 6) is 1.44. The Hall–Kier alpha value is -1.03. The second kappa shape index (κ2) is 6.23. The highest BCUT2D eigenvalue weighted by Gasteiger charge is 2.08. The largest absolute Gasteiger partial charge is 0.456 e. The molecule has 0 unspecified atom stereocenters. The molecule has 0 atom stereocenters. The first-order chi connectivity index (χ1) is 8.65. The molecule has 2 aromatic carbocycles. The van der Waals surface area contributed by atoms with Crippen LogP contribution in [0, 0.1) is 0 Å². The number of hydrogen-bond donors (Lipinski definition) is 1. The normalized spacial score (nSPS) is 10.6. The fourth-order valence-electron chi connectivity index (χ4n) is 1.39. The van der Waals surface area contributed by atoms with Crippen molar-refractivity contribution in [3.8, 4) is 11.5 Å². The summed E-state index contributed by atoms with van der Waals surface area (Å²) in [6.07, 6.45) is 0. The lowest BCUT2D eigenvalue weighted by molar-refractivity contribution is 0.471. The molecule has 2 nitrogen and oxygen atoms in total. The second-order valence-electron chi connectivity index (χ2n) is 3.50. The smallest absolute Gasteiger partial charge is 0.157 e. The number of nitrogen functional groups attached to an aromatic ring is 1. The fourth-order valence-corrected chi connectivity index (χ4v) is 2.54. The summed E-state index contributed by atoms with van der Waals surface area (Å²) < 4.78 is 5.25. The van der Waals surface area contributed by atoms with Gasteiger partial charge in [-0.15, -0.1) is 0 Å². The average Bonchev–Trinajstić information content (AvgIpc) is 2.34. The van der Waals surface area contributed by atoms with E-state index in [1.165, 1.54) is 11.8 Å². The molecule has 0 aromatic heterocycles. The van der Waals surface area contributed by atoms with E-state index in [1.807, 2.05) is 36.4 Å². The summed E-state index contributed by atoms with van der Waals surface area (Å²) in [6, 6.07) is 14.8. The lowest BCUT2D eigenvalue weighted by Gasteiger charge is -2.11. The summed E-state index contributed by atoms with van der Waals surface area (Å²) in [5, 5.41) is 0. The summed E-state index contributed by atoms with van der Waals surface area (Å²) in [4.78, 5) is 0.893. The number of rotatable bonds is 4. The highest BCUT2D eigenvalue weighted by molar-refractivity contribution is 8.02. The van der Waals surface area contributed by atoms with Crippen molar-refractivity contribution in [3.63, 3.8) is 0 Å². The zero-order valence-electron chi connectivity index (χ0n) is 9.35. The summed E-state index contributed by atoms with van der Waals surface area (Å²) in [7, 11) is 0. The highest BCUT2D eigenvalue weighted by Crippen LogP contribution is 2.37. The topological polar surface area (TPSA) is 35.2 Å². The van der Waals surface area contributed by atoms with Gasteiger partial charge in [-0.1, -0.05) is 47.1 Å². The third kappa shape index (κ3) is 3.73. The van der Waals surface area contributed by atoms with E-state index in [1.54, 1.807) is 12.1 Å². The van der Waals surface area contributed by atoms with E-state index in [0.717, 1.165) is 16.4 Å². The quantitative estimate of drug-likeness (QED) is 0.495. The van der Waals surface area contributed by atoms with Crippen LogP contribution in [0.5, 0.6) is 11.5 Å². The molecular weight excluding hydrogens is 289 g/mol. The molecule has 0 aliphatic rings. The Morgan fingerprint density at radius 3 is 2.33 bits per heavy atom. The molecule has 0 saturated carbocycles. The van der Waals surface area contributed by atoms with E-state index >= 15 is 0 Å². The van der Waals surface area contributed by atoms with Crippen LogP contribution in [-0.2, 0) is 0 Å². The van der Waals surface area contributed by atoms with Crippen LogP contribution in [0.15, 0.2) is 53.4 Å². The van der Waals surface area contributed by atoms with E-state index in [0.29, 0.717) is 5.69 Å². The van der Waals surface area contributed by atoms with E-state index in [2.05, 4.69) is 0 Å². The molecule has 0 amide bonds. The van der Waals surface area contributed by atoms with Crippen molar-refractivity contribution in [2.75, 3.05) is 5.73 Å². The molecule has 2 N–H and O–H groups in total. The molecule has 0 fully saturated rings. The number of anilines is 1. The number of halogens is 2. The Labute approximate surface area is 120 Å². The standard InChI is InChI=1S/C13H11Cl2NOS/c14-13(15)18-12-4-2-1-3-11(12)17-10-7-5-9(16)6-8-10/h1-8,13H,16H2. The predicted octanol–water partition coefficient (Wildman–Crippen LogP) is 4.91. The number of ether oxygens (including phenoxy) is 1. The van der Waals surface area contributed by atoms with Gasteiger partial charge in [0, 0.05) is 5.69 Å². The van der Waals surface area contributed by atoms with Gasteiger partial charge < -0.3 is 10.5 Å². The van der Waals surface area contributed by atoms with Crippen LogP contribution >= 0.6 is 35.0 Å². The van der Waals surface area contributed by atoms with Crippen molar-refractivity contribution in [3.05, 3.63) is 48.5 Å². The van der Waals surface area contributed by atoms with Gasteiger partial charge in [-0.25, -0.2) is 0 Å². The first-order valence-electron chi connectivity index (χ1n) is 5.22. The monoisotopic (exact) mass is 299 g/mol. The lowest BCUT2D eigenvalue weighted by atomic mass is 10.3. The van der Waals surface area contributed by atoms with E-state index in [4.69, 9.17) is 33.7 Å². The third-order valence-electron chi connectivity index (χ3n) is 2.17. The summed E-state index contributed by atoms with van der Waals surface area (Å²) in [5.41, 5.74) is 6.32. The van der Waals surface area contributed by atoms with Crippen molar-refractivity contribution >= 4 is 40.7 Å². The van der Waals surface area contributed by atoms with Crippen molar-refractivity contribution < 1.29 is 4.74 Å². The summed E-state index contributed by atoms with van der Waals surface area (Å²) >= 11 is 12.9. The van der Waals surface area contributed by atoms with Crippen LogP contribution in [0.3, 0.4) is 0 Å². The molecule has 0 aliphatic heterocycles. The van der Waals surface area contributed by atoms with Gasteiger partial charge in [0.15, 0.2) is 4.17 Å². The van der Waals surface area contributed by atoms with Crippen LogP contribution in [0.25, 0.3) is 0 Å². The van der Waals surface area contributed by atoms with Crippen LogP contribution in [-0.4, -0.2) is 4.17 Å². The number of para-hydroxylation sites is 1. The average molecular weight is 300 g/mol. The minimum atomic E-state index is -0.527. The Morgan fingerprint density at radius 2 is 1.67 bits per heavy atom. The predicted molar refractivity (Wildman–Crippen MR) is 78.7 cm³/mol. The molecule has 18 heavy (non-hydrogen) atoms. The molecule has 0 saturated heterocycles. The van der Waals surface area contributed by atoms with E-state index in [9.17, 15) is 0 Å². The molecule has 0 radical (unpaired) electrons. The van der Waals surface area contributed by atoms with Crippen molar-refractivity contribution in [2.24, 2.45) is 0 Å². The Kier molecular flexibility index (Phi) is 4.64. The first kappa shape index (κ1) is 13.4. The van der Waals surface area contributed by atoms with Gasteiger partial charge in [0.2, 0.25) is 0 Å². The Balaban J connectivity index is 2.20. The molecule has 0 spiro atoms. The zero-order valence-corrected chi connectivity index (χ0v) is 11.7. The third-order valence-corrected chi connectivity index (χ3v) is 3.48. The number of benzene rings is 2. The van der Waals surface area contributed by atoms with Gasteiger partial charge in [0.25, 0.3) is 0 Å². The molecule has 0 heterocycles. The van der Waals surface area contributed by atoms with Crippen LogP contribution < -0.4 is 10.5 Å². The number of alkyl halides is 2. The molecule has 5 heteroatoms. The molecule has 2 aromatic rings. The van der Waals surface area contributed by atoms with Crippen LogP contribution in [0.1, 0.15) is 0 Å². The second-order valence-corrected chi connectivity index (χ2v) is 6.26. The van der Waals surface area contributed by atoms with Gasteiger partial charge in [-0.05, 0) is 36.4 Å². The Morgan fingerprint density at radius 1 is 1.00 bits per heavy atom. The number of nitrogens with two attached hydrogens (primary N) is 1. The lowest BCUT2D eigenvalue weighted by Crippen LogP contribution is -1.89. The molecule has 2 rings (SSSR count). The Bertz CT molecular complexity index is 517. The number of hydrogen-bond acceptors (Lipinski definition) is 3. The first-order valence-corrected chi connectivity index (χ1v) is 6.97. The molecule has 0 aliphatic carbocycles.